The molecule has 2 aromatic rings. The molecule has 19 heavy (non-hydrogen) atoms. The fraction of sp³-hybridized carbons (Fsp3) is 0.214. The fourth-order valence-corrected chi connectivity index (χ4v) is 3.19. The third-order valence-electron chi connectivity index (χ3n) is 2.47. The zero-order chi connectivity index (χ0) is 13.7. The molecule has 2 rings (SSSR count). The summed E-state index contributed by atoms with van der Waals surface area (Å²) in [6.45, 7) is 2.84. The van der Waals surface area contributed by atoms with E-state index in [1.165, 1.54) is 11.3 Å². The standard InChI is InChI=1S/C14H14N2OS2/c1-10-6-8-18-13(10)14(17)16-9-12-5-4-11(19-12)3-2-7-15/h4-6,8H,7,9,15H2,1H3,(H,16,17). The number of carbonyl (C=O) groups excluding carboxylic acids is 1. The van der Waals surface area contributed by atoms with Crippen molar-refractivity contribution in [1.29, 1.82) is 0 Å². The lowest BCUT2D eigenvalue weighted by molar-refractivity contribution is 0.0955. The minimum absolute atomic E-state index is 0.0181. The predicted molar refractivity (Wildman–Crippen MR) is 80.5 cm³/mol. The Labute approximate surface area is 120 Å². The number of aryl methyl sites for hydroxylation is 1. The number of hydrogen-bond acceptors (Lipinski definition) is 4. The van der Waals surface area contributed by atoms with E-state index in [2.05, 4.69) is 17.2 Å². The van der Waals surface area contributed by atoms with Crippen LogP contribution < -0.4 is 11.1 Å². The van der Waals surface area contributed by atoms with Gasteiger partial charge in [0.2, 0.25) is 0 Å². The van der Waals surface area contributed by atoms with Crippen molar-refractivity contribution in [3.8, 4) is 11.8 Å². The smallest absolute Gasteiger partial charge is 0.261 e. The quantitative estimate of drug-likeness (QED) is 0.853. The molecule has 0 aliphatic carbocycles. The summed E-state index contributed by atoms with van der Waals surface area (Å²) in [6.07, 6.45) is 0. The van der Waals surface area contributed by atoms with Crippen molar-refractivity contribution < 1.29 is 4.79 Å². The van der Waals surface area contributed by atoms with Crippen LogP contribution in [0.3, 0.4) is 0 Å². The van der Waals surface area contributed by atoms with Crippen molar-refractivity contribution in [2.45, 2.75) is 13.5 Å². The second-order valence-electron chi connectivity index (χ2n) is 3.89. The summed E-state index contributed by atoms with van der Waals surface area (Å²) >= 11 is 3.04. The normalized spacial score (nSPS) is 9.79. The van der Waals surface area contributed by atoms with E-state index in [4.69, 9.17) is 5.73 Å². The van der Waals surface area contributed by atoms with Crippen LogP contribution in [0.25, 0.3) is 0 Å². The number of nitrogens with one attached hydrogen (secondary N) is 1. The van der Waals surface area contributed by atoms with E-state index in [0.29, 0.717) is 13.1 Å². The number of nitrogens with two attached hydrogens (primary N) is 1. The van der Waals surface area contributed by atoms with Gasteiger partial charge < -0.3 is 11.1 Å². The van der Waals surface area contributed by atoms with Gasteiger partial charge in [0.05, 0.1) is 22.8 Å². The van der Waals surface area contributed by atoms with Gasteiger partial charge in [0.25, 0.3) is 5.91 Å². The molecular weight excluding hydrogens is 276 g/mol. The van der Waals surface area contributed by atoms with Gasteiger partial charge in [-0.3, -0.25) is 4.79 Å². The number of thiophene rings is 2. The summed E-state index contributed by atoms with van der Waals surface area (Å²) in [6, 6.07) is 5.88. The Hall–Kier alpha value is -1.61. The first-order chi connectivity index (χ1) is 9.20. The molecule has 0 bridgehead atoms. The SMILES string of the molecule is Cc1ccsc1C(=O)NCc1ccc(C#CCN)s1. The van der Waals surface area contributed by atoms with Gasteiger partial charge in [-0.05, 0) is 36.1 Å². The van der Waals surface area contributed by atoms with Gasteiger partial charge in [-0.2, -0.15) is 0 Å². The Balaban J connectivity index is 1.94. The van der Waals surface area contributed by atoms with Gasteiger partial charge in [0.15, 0.2) is 0 Å². The summed E-state index contributed by atoms with van der Waals surface area (Å²) < 4.78 is 0. The van der Waals surface area contributed by atoms with E-state index in [1.54, 1.807) is 11.3 Å². The lowest BCUT2D eigenvalue weighted by Crippen LogP contribution is -2.21. The van der Waals surface area contributed by atoms with Crippen molar-refractivity contribution >= 4 is 28.6 Å². The van der Waals surface area contributed by atoms with Gasteiger partial charge in [-0.25, -0.2) is 0 Å². The number of amides is 1. The van der Waals surface area contributed by atoms with Crippen molar-refractivity contribution in [3.05, 3.63) is 43.8 Å². The molecular formula is C14H14N2OS2. The van der Waals surface area contributed by atoms with E-state index >= 15 is 0 Å². The first-order valence-corrected chi connectivity index (χ1v) is 7.50. The average Bonchev–Trinajstić information content (AvgIpc) is 3.02. The van der Waals surface area contributed by atoms with E-state index in [0.717, 1.165) is 20.2 Å². The minimum atomic E-state index is -0.0181. The van der Waals surface area contributed by atoms with E-state index in [9.17, 15) is 4.79 Å². The monoisotopic (exact) mass is 290 g/mol. The molecule has 0 aromatic carbocycles. The molecule has 0 aliphatic rings. The highest BCUT2D eigenvalue weighted by molar-refractivity contribution is 7.12. The summed E-state index contributed by atoms with van der Waals surface area (Å²) in [5.74, 6) is 5.78. The molecule has 3 nitrogen and oxygen atoms in total. The Morgan fingerprint density at radius 3 is 2.95 bits per heavy atom. The lowest BCUT2D eigenvalue weighted by atomic mass is 10.3. The third kappa shape index (κ3) is 3.67. The third-order valence-corrected chi connectivity index (χ3v) is 4.48. The Morgan fingerprint density at radius 2 is 2.26 bits per heavy atom. The van der Waals surface area contributed by atoms with Gasteiger partial charge in [0.1, 0.15) is 0 Å². The maximum atomic E-state index is 11.9. The number of hydrogen-bond donors (Lipinski definition) is 2. The highest BCUT2D eigenvalue weighted by atomic mass is 32.1. The molecule has 0 saturated carbocycles. The van der Waals surface area contributed by atoms with Crippen molar-refractivity contribution in [1.82, 2.24) is 5.32 Å². The van der Waals surface area contributed by atoms with E-state index in [-0.39, 0.29) is 5.91 Å². The highest BCUT2D eigenvalue weighted by Crippen LogP contribution is 2.17. The van der Waals surface area contributed by atoms with Crippen LogP contribution in [0.5, 0.6) is 0 Å². The van der Waals surface area contributed by atoms with Crippen LogP contribution in [-0.4, -0.2) is 12.5 Å². The zero-order valence-electron chi connectivity index (χ0n) is 10.5. The molecule has 0 aliphatic heterocycles. The van der Waals surface area contributed by atoms with Crippen LogP contribution in [-0.2, 0) is 6.54 Å². The molecule has 0 radical (unpaired) electrons. The van der Waals surface area contributed by atoms with Crippen LogP contribution in [0.4, 0.5) is 0 Å². The average molecular weight is 290 g/mol. The van der Waals surface area contributed by atoms with Gasteiger partial charge in [0, 0.05) is 4.88 Å². The Kier molecular flexibility index (Phi) is 4.74. The summed E-state index contributed by atoms with van der Waals surface area (Å²) in [5.41, 5.74) is 6.34. The molecule has 0 saturated heterocycles. The van der Waals surface area contributed by atoms with Crippen LogP contribution in [0.15, 0.2) is 23.6 Å². The number of carbonyl (C=O) groups is 1. The molecule has 2 heterocycles. The Bertz CT molecular complexity index is 631. The van der Waals surface area contributed by atoms with Crippen molar-refractivity contribution in [2.75, 3.05) is 6.54 Å². The first-order valence-electron chi connectivity index (χ1n) is 5.80. The van der Waals surface area contributed by atoms with Crippen LogP contribution in [0.2, 0.25) is 0 Å². The lowest BCUT2D eigenvalue weighted by Gasteiger charge is -2.02. The largest absolute Gasteiger partial charge is 0.346 e. The molecule has 5 heteroatoms. The maximum absolute atomic E-state index is 11.9. The van der Waals surface area contributed by atoms with Crippen molar-refractivity contribution in [2.24, 2.45) is 5.73 Å². The minimum Gasteiger partial charge on any atom is -0.346 e. The topological polar surface area (TPSA) is 55.1 Å². The maximum Gasteiger partial charge on any atom is 0.261 e. The first kappa shape index (κ1) is 13.8. The molecule has 2 aromatic heterocycles. The molecule has 0 spiro atoms. The highest BCUT2D eigenvalue weighted by Gasteiger charge is 2.10. The van der Waals surface area contributed by atoms with Crippen molar-refractivity contribution in [3.63, 3.8) is 0 Å². The van der Waals surface area contributed by atoms with Crippen LogP contribution in [0, 0.1) is 18.8 Å². The predicted octanol–water partition coefficient (Wildman–Crippen LogP) is 2.36. The van der Waals surface area contributed by atoms with Gasteiger partial charge in [-0.1, -0.05) is 11.8 Å². The fourth-order valence-electron chi connectivity index (χ4n) is 1.53. The Morgan fingerprint density at radius 1 is 1.42 bits per heavy atom. The van der Waals surface area contributed by atoms with E-state index < -0.39 is 0 Å². The van der Waals surface area contributed by atoms with Crippen LogP contribution in [0.1, 0.15) is 25.0 Å². The summed E-state index contributed by atoms with van der Waals surface area (Å²) in [7, 11) is 0. The summed E-state index contributed by atoms with van der Waals surface area (Å²) in [4.78, 5) is 14.8. The molecule has 0 fully saturated rings. The number of rotatable bonds is 3. The molecule has 0 unspecified atom stereocenters. The second-order valence-corrected chi connectivity index (χ2v) is 5.97. The molecule has 98 valence electrons. The van der Waals surface area contributed by atoms with E-state index in [1.807, 2.05) is 30.5 Å². The van der Waals surface area contributed by atoms with Gasteiger partial charge >= 0.3 is 0 Å². The second kappa shape index (κ2) is 6.53. The van der Waals surface area contributed by atoms with Crippen LogP contribution >= 0.6 is 22.7 Å². The molecule has 0 atom stereocenters. The van der Waals surface area contributed by atoms with Gasteiger partial charge in [-0.15, -0.1) is 22.7 Å². The molecule has 1 amide bonds. The summed E-state index contributed by atoms with van der Waals surface area (Å²) in [5, 5.41) is 4.85. The zero-order valence-corrected chi connectivity index (χ0v) is 12.2. The molecule has 3 N–H and O–H groups in total.